The van der Waals surface area contributed by atoms with Crippen molar-refractivity contribution < 1.29 is 19.4 Å². The molecule has 3 rings (SSSR count). The van der Waals surface area contributed by atoms with Crippen molar-refractivity contribution in [1.29, 1.82) is 0 Å². The summed E-state index contributed by atoms with van der Waals surface area (Å²) in [5.41, 5.74) is 1.23. The van der Waals surface area contributed by atoms with Crippen molar-refractivity contribution in [2.24, 2.45) is 0 Å². The number of esters is 1. The molecule has 3 unspecified atom stereocenters. The van der Waals surface area contributed by atoms with Crippen LogP contribution in [0.1, 0.15) is 44.1 Å². The Morgan fingerprint density at radius 1 is 1.19 bits per heavy atom. The van der Waals surface area contributed by atoms with Crippen LogP contribution in [0.15, 0.2) is 54.6 Å². The molecule has 2 heterocycles. The van der Waals surface area contributed by atoms with Gasteiger partial charge in [-0.1, -0.05) is 70.1 Å². The first-order valence-electron chi connectivity index (χ1n) is 11.4. The van der Waals surface area contributed by atoms with Gasteiger partial charge in [-0.2, -0.15) is 0 Å². The lowest BCUT2D eigenvalue weighted by molar-refractivity contribution is -0.143. The third-order valence-electron chi connectivity index (χ3n) is 5.89. The van der Waals surface area contributed by atoms with Gasteiger partial charge in [0.15, 0.2) is 0 Å². The SMILES string of the molecule is O=C(O)CN1CCCC1CCC(CCc1ccccc1)OC(=O)C=CC=CC1CCSS1. The molecule has 2 aliphatic heterocycles. The Bertz CT molecular complexity index is 777. The van der Waals surface area contributed by atoms with Crippen LogP contribution < -0.4 is 0 Å². The van der Waals surface area contributed by atoms with E-state index in [-0.39, 0.29) is 24.7 Å². The molecule has 2 saturated heterocycles. The Kier molecular flexibility index (Phi) is 10.7. The van der Waals surface area contributed by atoms with Gasteiger partial charge < -0.3 is 9.84 Å². The molecule has 0 saturated carbocycles. The minimum absolute atomic E-state index is 0.0893. The number of carboxylic acid groups (broad SMARTS) is 1. The number of carboxylic acids is 1. The van der Waals surface area contributed by atoms with E-state index in [4.69, 9.17) is 9.84 Å². The van der Waals surface area contributed by atoms with Crippen molar-refractivity contribution in [3.63, 3.8) is 0 Å². The lowest BCUT2D eigenvalue weighted by Gasteiger charge is -2.25. The van der Waals surface area contributed by atoms with E-state index in [0.717, 1.165) is 45.1 Å². The van der Waals surface area contributed by atoms with Gasteiger partial charge in [0.05, 0.1) is 6.54 Å². The van der Waals surface area contributed by atoms with Crippen molar-refractivity contribution in [2.75, 3.05) is 18.8 Å². The fourth-order valence-corrected chi connectivity index (χ4v) is 6.94. The monoisotopic (exact) mass is 475 g/mol. The number of benzene rings is 1. The molecule has 0 amide bonds. The third kappa shape index (κ3) is 9.04. The summed E-state index contributed by atoms with van der Waals surface area (Å²) in [5, 5.41) is 9.67. The van der Waals surface area contributed by atoms with Crippen molar-refractivity contribution in [3.05, 3.63) is 60.2 Å². The molecule has 5 nitrogen and oxygen atoms in total. The van der Waals surface area contributed by atoms with Crippen LogP contribution >= 0.6 is 21.6 Å². The number of aliphatic carboxylic acids is 1. The van der Waals surface area contributed by atoms with E-state index in [1.165, 1.54) is 23.8 Å². The van der Waals surface area contributed by atoms with E-state index in [1.807, 2.05) is 50.8 Å². The van der Waals surface area contributed by atoms with E-state index in [9.17, 15) is 9.59 Å². The summed E-state index contributed by atoms with van der Waals surface area (Å²) >= 11 is 0. The number of likely N-dealkylation sites (tertiary alicyclic amines) is 1. The summed E-state index contributed by atoms with van der Waals surface area (Å²) in [6.07, 6.45) is 13.6. The molecule has 0 radical (unpaired) electrons. The van der Waals surface area contributed by atoms with Gasteiger partial charge in [-0.3, -0.25) is 9.69 Å². The van der Waals surface area contributed by atoms with E-state index < -0.39 is 5.97 Å². The molecule has 1 N–H and O–H groups in total. The van der Waals surface area contributed by atoms with Crippen LogP contribution in [-0.2, 0) is 20.7 Å². The van der Waals surface area contributed by atoms with Gasteiger partial charge in [-0.15, -0.1) is 0 Å². The molecule has 0 spiro atoms. The molecule has 174 valence electrons. The van der Waals surface area contributed by atoms with Gasteiger partial charge in [-0.05, 0) is 57.1 Å². The summed E-state index contributed by atoms with van der Waals surface area (Å²) in [5.74, 6) is 0.0890. The lowest BCUT2D eigenvalue weighted by atomic mass is 10.00. The molecular weight excluding hydrogens is 442 g/mol. The molecule has 7 heteroatoms. The predicted molar refractivity (Wildman–Crippen MR) is 133 cm³/mol. The minimum atomic E-state index is -0.781. The van der Waals surface area contributed by atoms with Crippen LogP contribution in [0.5, 0.6) is 0 Å². The highest BCUT2D eigenvalue weighted by Crippen LogP contribution is 2.38. The number of rotatable bonds is 12. The van der Waals surface area contributed by atoms with Crippen molar-refractivity contribution in [1.82, 2.24) is 4.90 Å². The first-order valence-corrected chi connectivity index (χ1v) is 13.8. The minimum Gasteiger partial charge on any atom is -0.480 e. The predicted octanol–water partition coefficient (Wildman–Crippen LogP) is 5.13. The first-order chi connectivity index (χ1) is 15.6. The number of carbonyl (C=O) groups excluding carboxylic acids is 1. The number of nitrogens with zero attached hydrogens (tertiary/aromatic N) is 1. The number of allylic oxidation sites excluding steroid dienone is 2. The van der Waals surface area contributed by atoms with Crippen molar-refractivity contribution in [3.8, 4) is 0 Å². The highest BCUT2D eigenvalue weighted by Gasteiger charge is 2.27. The number of ether oxygens (including phenoxy) is 1. The molecule has 2 aliphatic rings. The number of hydrogen-bond acceptors (Lipinski definition) is 6. The second kappa shape index (κ2) is 13.8. The maximum atomic E-state index is 12.4. The zero-order chi connectivity index (χ0) is 22.6. The largest absolute Gasteiger partial charge is 0.480 e. The second-order valence-corrected chi connectivity index (χ2v) is 11.0. The molecule has 32 heavy (non-hydrogen) atoms. The van der Waals surface area contributed by atoms with Gasteiger partial charge >= 0.3 is 11.9 Å². The van der Waals surface area contributed by atoms with Crippen molar-refractivity contribution in [2.45, 2.75) is 62.3 Å². The van der Waals surface area contributed by atoms with E-state index in [1.54, 1.807) is 6.08 Å². The Labute approximate surface area is 199 Å². The second-order valence-electron chi connectivity index (χ2n) is 8.31. The van der Waals surface area contributed by atoms with Gasteiger partial charge in [0.1, 0.15) is 6.10 Å². The summed E-state index contributed by atoms with van der Waals surface area (Å²) in [4.78, 5) is 25.6. The van der Waals surface area contributed by atoms with Gasteiger partial charge in [0.25, 0.3) is 0 Å². The quantitative estimate of drug-likeness (QED) is 0.195. The Hall–Kier alpha value is -1.70. The standard InChI is InChI=1S/C25H33NO4S2/c27-24(28)19-26-17-6-9-21(26)13-15-22(14-12-20-7-2-1-3-8-20)30-25(29)11-5-4-10-23-16-18-31-32-23/h1-5,7-8,10-11,21-23H,6,9,12-19H2,(H,27,28). The number of aryl methyl sites for hydroxylation is 1. The third-order valence-corrected chi connectivity index (χ3v) is 8.71. The molecule has 0 aromatic heterocycles. The van der Waals surface area contributed by atoms with E-state index in [0.29, 0.717) is 5.25 Å². The summed E-state index contributed by atoms with van der Waals surface area (Å²) in [6.45, 7) is 0.921. The molecule has 3 atom stereocenters. The fourth-order valence-electron chi connectivity index (χ4n) is 4.22. The van der Waals surface area contributed by atoms with Gasteiger partial charge in [0, 0.05) is 23.1 Å². The Balaban J connectivity index is 1.52. The molecule has 0 aliphatic carbocycles. The topological polar surface area (TPSA) is 66.8 Å². The summed E-state index contributed by atoms with van der Waals surface area (Å²) in [7, 11) is 3.77. The molecule has 1 aromatic carbocycles. The Morgan fingerprint density at radius 3 is 2.78 bits per heavy atom. The average molecular weight is 476 g/mol. The van der Waals surface area contributed by atoms with Crippen LogP contribution in [0.2, 0.25) is 0 Å². The summed E-state index contributed by atoms with van der Waals surface area (Å²) in [6, 6.07) is 10.5. The van der Waals surface area contributed by atoms with Crippen LogP contribution in [0.3, 0.4) is 0 Å². The molecule has 2 fully saturated rings. The maximum absolute atomic E-state index is 12.4. The molecule has 1 aromatic rings. The summed E-state index contributed by atoms with van der Waals surface area (Å²) < 4.78 is 5.82. The first kappa shape index (κ1) is 24.9. The Morgan fingerprint density at radius 2 is 2.03 bits per heavy atom. The number of hydrogen-bond donors (Lipinski definition) is 1. The fraction of sp³-hybridized carbons (Fsp3) is 0.520. The van der Waals surface area contributed by atoms with Crippen LogP contribution in [0.25, 0.3) is 0 Å². The zero-order valence-electron chi connectivity index (χ0n) is 18.4. The van der Waals surface area contributed by atoms with Crippen LogP contribution in [0, 0.1) is 0 Å². The van der Waals surface area contributed by atoms with Gasteiger partial charge in [0.2, 0.25) is 0 Å². The van der Waals surface area contributed by atoms with Gasteiger partial charge in [-0.25, -0.2) is 4.79 Å². The molecule has 0 bridgehead atoms. The van der Waals surface area contributed by atoms with Crippen LogP contribution in [0.4, 0.5) is 0 Å². The van der Waals surface area contributed by atoms with Crippen molar-refractivity contribution >= 4 is 33.5 Å². The normalized spacial score (nSPS) is 22.6. The highest BCUT2D eigenvalue weighted by atomic mass is 33.1. The lowest BCUT2D eigenvalue weighted by Crippen LogP contribution is -2.35. The van der Waals surface area contributed by atoms with Crippen LogP contribution in [-0.4, -0.2) is 58.2 Å². The number of carbonyl (C=O) groups is 2. The smallest absolute Gasteiger partial charge is 0.331 e. The molecular formula is C25H33NO4S2. The highest BCUT2D eigenvalue weighted by molar-refractivity contribution is 8.77. The average Bonchev–Trinajstić information content (AvgIpc) is 3.45. The zero-order valence-corrected chi connectivity index (χ0v) is 20.1. The maximum Gasteiger partial charge on any atom is 0.331 e. The van der Waals surface area contributed by atoms with E-state index >= 15 is 0 Å². The van der Waals surface area contributed by atoms with E-state index in [2.05, 4.69) is 18.2 Å².